The average molecular weight is 507 g/mol. The van der Waals surface area contributed by atoms with Gasteiger partial charge in [-0.25, -0.2) is 0 Å². The van der Waals surface area contributed by atoms with Gasteiger partial charge < -0.3 is 19.6 Å². The van der Waals surface area contributed by atoms with E-state index in [9.17, 15) is 19.5 Å². The topological polar surface area (TPSA) is 87.2 Å². The van der Waals surface area contributed by atoms with Gasteiger partial charge in [-0.3, -0.25) is 14.4 Å². The fourth-order valence-corrected chi connectivity index (χ4v) is 8.78. The summed E-state index contributed by atoms with van der Waals surface area (Å²) in [6, 6.07) is -1.22. The molecule has 0 saturated carbocycles. The zero-order valence-corrected chi connectivity index (χ0v) is 22.5. The van der Waals surface area contributed by atoms with Crippen molar-refractivity contribution in [2.24, 2.45) is 23.7 Å². The number of likely N-dealkylation sites (tertiary alicyclic amines) is 1. The highest BCUT2D eigenvalue weighted by atomic mass is 32.2. The number of ether oxygens (including phenoxy) is 1. The van der Waals surface area contributed by atoms with E-state index in [2.05, 4.69) is 27.0 Å². The molecule has 3 aliphatic heterocycles. The maximum absolute atomic E-state index is 14.3. The summed E-state index contributed by atoms with van der Waals surface area (Å²) in [4.78, 5) is 45.2. The van der Waals surface area contributed by atoms with Crippen molar-refractivity contribution in [3.63, 3.8) is 0 Å². The third kappa shape index (κ3) is 4.57. The van der Waals surface area contributed by atoms with Crippen molar-refractivity contribution in [2.75, 3.05) is 26.3 Å². The second-order valence-electron chi connectivity index (χ2n) is 10.3. The molecular formula is C27H42N2O5S. The van der Waals surface area contributed by atoms with Gasteiger partial charge in [0.1, 0.15) is 12.6 Å². The van der Waals surface area contributed by atoms with Crippen LogP contribution in [0.15, 0.2) is 25.3 Å². The van der Waals surface area contributed by atoms with E-state index in [0.717, 1.165) is 25.7 Å². The largest absolute Gasteiger partial charge is 0.461 e. The first-order chi connectivity index (χ1) is 16.7. The minimum Gasteiger partial charge on any atom is -0.461 e. The number of fused-ring (bicyclic) bond motifs is 1. The number of aliphatic hydroxyl groups is 1. The Labute approximate surface area is 214 Å². The lowest BCUT2D eigenvalue weighted by Crippen LogP contribution is -2.60. The summed E-state index contributed by atoms with van der Waals surface area (Å²) in [5.41, 5.74) is 0. The first-order valence-electron chi connectivity index (χ1n) is 13.0. The highest BCUT2D eigenvalue weighted by molar-refractivity contribution is 8.02. The Hall–Kier alpha value is -1.80. The van der Waals surface area contributed by atoms with Crippen LogP contribution < -0.4 is 0 Å². The second-order valence-corrected chi connectivity index (χ2v) is 11.8. The van der Waals surface area contributed by atoms with Crippen molar-refractivity contribution < 1.29 is 24.2 Å². The van der Waals surface area contributed by atoms with Crippen molar-refractivity contribution in [3.8, 4) is 0 Å². The summed E-state index contributed by atoms with van der Waals surface area (Å²) in [5.74, 6) is -1.84. The molecule has 7 nitrogen and oxygen atoms in total. The molecule has 35 heavy (non-hydrogen) atoms. The Balaban J connectivity index is 2.12. The monoisotopic (exact) mass is 506 g/mol. The number of aliphatic hydroxyl groups excluding tert-OH is 1. The van der Waals surface area contributed by atoms with E-state index < -0.39 is 28.7 Å². The van der Waals surface area contributed by atoms with Crippen LogP contribution in [-0.4, -0.2) is 81.1 Å². The molecular weight excluding hydrogens is 464 g/mol. The fourth-order valence-electron chi connectivity index (χ4n) is 6.39. The normalized spacial score (nSPS) is 32.8. The van der Waals surface area contributed by atoms with Crippen LogP contribution in [0.3, 0.4) is 0 Å². The summed E-state index contributed by atoms with van der Waals surface area (Å²) in [5, 5.41) is 10.4. The minimum absolute atomic E-state index is 0.00152. The minimum atomic E-state index is -0.731. The molecule has 0 aromatic heterocycles. The fraction of sp³-hybridized carbons (Fsp3) is 0.741. The van der Waals surface area contributed by atoms with Crippen LogP contribution in [-0.2, 0) is 19.1 Å². The van der Waals surface area contributed by atoms with Gasteiger partial charge in [0, 0.05) is 18.3 Å². The SMILES string of the molecule is C=CCOC(=O)[C@@H]1[C@@H]2CC(C)C3(S2)C(C(=O)N(CC=C)CCCC)N([C@@H](CO)[C@@H](C)CC)C(=O)[C@H]13. The molecule has 1 spiro atoms. The molecule has 2 bridgehead atoms. The molecule has 3 aliphatic rings. The highest BCUT2D eigenvalue weighted by Gasteiger charge is 2.77. The van der Waals surface area contributed by atoms with Crippen LogP contribution in [0.4, 0.5) is 0 Å². The molecule has 0 radical (unpaired) electrons. The third-order valence-electron chi connectivity index (χ3n) is 8.32. The van der Waals surface area contributed by atoms with Gasteiger partial charge in [-0.2, -0.15) is 0 Å². The summed E-state index contributed by atoms with van der Waals surface area (Å²) < 4.78 is 4.72. The zero-order valence-electron chi connectivity index (χ0n) is 21.7. The van der Waals surface area contributed by atoms with Crippen molar-refractivity contribution in [1.82, 2.24) is 9.80 Å². The lowest BCUT2D eigenvalue weighted by molar-refractivity contribution is -0.154. The van der Waals surface area contributed by atoms with Crippen molar-refractivity contribution in [3.05, 3.63) is 25.3 Å². The van der Waals surface area contributed by atoms with Crippen LogP contribution >= 0.6 is 11.8 Å². The molecule has 196 valence electrons. The lowest BCUT2D eigenvalue weighted by atomic mass is 9.66. The molecule has 0 aliphatic carbocycles. The Morgan fingerprint density at radius 3 is 2.63 bits per heavy atom. The number of unbranched alkanes of at least 4 members (excludes halogenated alkanes) is 1. The van der Waals surface area contributed by atoms with E-state index >= 15 is 0 Å². The standard InChI is InChI=1S/C27H42N2O5S/c1-7-11-13-28(12-8-2)25(32)23-27-18(6)15-20(35-27)21(26(33)34-14-9-3)22(27)24(31)29(23)19(16-30)17(5)10-4/h8-9,17-23,30H,2-3,7,10-16H2,1,4-6H3/t17-,18?,19-,20-,21+,22-,23?,27?/m0/s1. The van der Waals surface area contributed by atoms with E-state index in [4.69, 9.17) is 4.74 Å². The molecule has 8 atom stereocenters. The molecule has 3 saturated heterocycles. The number of carbonyl (C=O) groups excluding carboxylic acids is 3. The van der Waals surface area contributed by atoms with Gasteiger partial charge in [-0.05, 0) is 24.7 Å². The van der Waals surface area contributed by atoms with Gasteiger partial charge in [-0.1, -0.05) is 59.3 Å². The van der Waals surface area contributed by atoms with E-state index in [1.165, 1.54) is 6.08 Å². The van der Waals surface area contributed by atoms with Gasteiger partial charge in [0.25, 0.3) is 0 Å². The number of rotatable bonds is 13. The van der Waals surface area contributed by atoms with Gasteiger partial charge in [0.05, 0.1) is 29.2 Å². The van der Waals surface area contributed by atoms with Crippen molar-refractivity contribution in [1.29, 1.82) is 0 Å². The summed E-state index contributed by atoms with van der Waals surface area (Å²) in [6.07, 6.45) is 6.56. The van der Waals surface area contributed by atoms with Crippen LogP contribution in [0.1, 0.15) is 53.4 Å². The van der Waals surface area contributed by atoms with Crippen LogP contribution in [0, 0.1) is 23.7 Å². The van der Waals surface area contributed by atoms with E-state index in [1.807, 2.05) is 13.8 Å². The Bertz CT molecular complexity index is 834. The molecule has 3 heterocycles. The van der Waals surface area contributed by atoms with Gasteiger partial charge in [0.15, 0.2) is 0 Å². The number of hydrogen-bond acceptors (Lipinski definition) is 6. The predicted octanol–water partition coefficient (Wildman–Crippen LogP) is 3.27. The van der Waals surface area contributed by atoms with E-state index in [0.29, 0.717) is 13.1 Å². The molecule has 3 fully saturated rings. The third-order valence-corrected chi connectivity index (χ3v) is 10.4. The summed E-state index contributed by atoms with van der Waals surface area (Å²) in [7, 11) is 0. The van der Waals surface area contributed by atoms with Crippen molar-refractivity contribution >= 4 is 29.5 Å². The van der Waals surface area contributed by atoms with Crippen LogP contribution in [0.2, 0.25) is 0 Å². The first-order valence-corrected chi connectivity index (χ1v) is 13.9. The molecule has 2 amide bonds. The second kappa shape index (κ2) is 11.5. The van der Waals surface area contributed by atoms with Crippen LogP contribution in [0.25, 0.3) is 0 Å². The summed E-state index contributed by atoms with van der Waals surface area (Å²) in [6.45, 7) is 16.5. The average Bonchev–Trinajstić information content (AvgIpc) is 3.44. The smallest absolute Gasteiger partial charge is 0.311 e. The van der Waals surface area contributed by atoms with Gasteiger partial charge >= 0.3 is 5.97 Å². The molecule has 3 rings (SSSR count). The number of amides is 2. The van der Waals surface area contributed by atoms with Crippen LogP contribution in [0.5, 0.6) is 0 Å². The number of carbonyl (C=O) groups is 3. The lowest BCUT2D eigenvalue weighted by Gasteiger charge is -2.43. The van der Waals surface area contributed by atoms with Gasteiger partial charge in [-0.15, -0.1) is 18.3 Å². The Morgan fingerprint density at radius 2 is 2.06 bits per heavy atom. The molecule has 8 heteroatoms. The zero-order chi connectivity index (χ0) is 25.9. The predicted molar refractivity (Wildman–Crippen MR) is 139 cm³/mol. The maximum Gasteiger partial charge on any atom is 0.311 e. The molecule has 0 aromatic rings. The molecule has 3 unspecified atom stereocenters. The van der Waals surface area contributed by atoms with E-state index in [-0.39, 0.29) is 48.1 Å². The number of nitrogens with zero attached hydrogens (tertiary/aromatic N) is 2. The Morgan fingerprint density at radius 1 is 1.34 bits per heavy atom. The van der Waals surface area contributed by atoms with Gasteiger partial charge in [0.2, 0.25) is 11.8 Å². The molecule has 1 N–H and O–H groups in total. The van der Waals surface area contributed by atoms with Crippen molar-refractivity contribution in [2.45, 2.75) is 75.5 Å². The first kappa shape index (κ1) is 27.8. The maximum atomic E-state index is 14.3. The number of thioether (sulfide) groups is 1. The number of hydrogen-bond donors (Lipinski definition) is 1. The Kier molecular flexibility index (Phi) is 9.13. The quantitative estimate of drug-likeness (QED) is 0.305. The van der Waals surface area contributed by atoms with E-state index in [1.54, 1.807) is 27.6 Å². The highest BCUT2D eigenvalue weighted by Crippen LogP contribution is 2.69. The summed E-state index contributed by atoms with van der Waals surface area (Å²) >= 11 is 1.63. The molecule has 0 aromatic carbocycles. The number of esters is 1.